The Labute approximate surface area is 131 Å². The van der Waals surface area contributed by atoms with Crippen LogP contribution in [0, 0.1) is 11.3 Å². The predicted molar refractivity (Wildman–Crippen MR) is 87.2 cm³/mol. The minimum absolute atomic E-state index is 0.344. The van der Waals surface area contributed by atoms with E-state index >= 15 is 0 Å². The Balaban J connectivity index is 2.45. The van der Waals surface area contributed by atoms with Gasteiger partial charge in [-0.25, -0.2) is 8.42 Å². The van der Waals surface area contributed by atoms with Gasteiger partial charge in [-0.1, -0.05) is 6.92 Å². The Morgan fingerprint density at radius 1 is 1.33 bits per heavy atom. The van der Waals surface area contributed by atoms with Crippen LogP contribution in [0.2, 0.25) is 0 Å². The van der Waals surface area contributed by atoms with E-state index in [-0.39, 0.29) is 0 Å². The molecule has 1 atom stereocenters. The van der Waals surface area contributed by atoms with Crippen LogP contribution in [-0.4, -0.2) is 32.5 Å². The molecule has 116 valence electrons. The SMILES string of the molecule is CCNC(C)(C#N)CCCSc1ccc(S(C)(=O)=O)cc1. The minimum Gasteiger partial charge on any atom is -0.300 e. The first-order valence-electron chi connectivity index (χ1n) is 6.90. The molecule has 0 saturated heterocycles. The number of thioether (sulfide) groups is 1. The van der Waals surface area contributed by atoms with Crippen molar-refractivity contribution in [1.29, 1.82) is 5.26 Å². The molecule has 0 aliphatic rings. The Morgan fingerprint density at radius 3 is 2.43 bits per heavy atom. The van der Waals surface area contributed by atoms with Gasteiger partial charge in [0.25, 0.3) is 0 Å². The van der Waals surface area contributed by atoms with Crippen LogP contribution in [0.25, 0.3) is 0 Å². The number of nitrogens with one attached hydrogen (secondary N) is 1. The van der Waals surface area contributed by atoms with Crippen molar-refractivity contribution in [2.75, 3.05) is 18.6 Å². The molecule has 0 aliphatic heterocycles. The number of hydrogen-bond acceptors (Lipinski definition) is 5. The molecule has 0 aromatic heterocycles. The second kappa shape index (κ2) is 7.83. The van der Waals surface area contributed by atoms with E-state index in [1.165, 1.54) is 6.26 Å². The summed E-state index contributed by atoms with van der Waals surface area (Å²) in [5.41, 5.74) is -0.463. The van der Waals surface area contributed by atoms with Crippen LogP contribution in [0.15, 0.2) is 34.1 Å². The molecule has 0 spiro atoms. The van der Waals surface area contributed by atoms with E-state index < -0.39 is 15.4 Å². The summed E-state index contributed by atoms with van der Waals surface area (Å²) in [4.78, 5) is 1.39. The fraction of sp³-hybridized carbons (Fsp3) is 0.533. The minimum atomic E-state index is -3.13. The molecule has 1 rings (SSSR count). The number of hydrogen-bond donors (Lipinski definition) is 1. The number of sulfone groups is 1. The third kappa shape index (κ3) is 6.08. The average Bonchev–Trinajstić information content (AvgIpc) is 2.43. The van der Waals surface area contributed by atoms with E-state index in [1.54, 1.807) is 23.9 Å². The second-order valence-electron chi connectivity index (χ2n) is 5.17. The number of rotatable bonds is 8. The third-order valence-corrected chi connectivity index (χ3v) is 5.38. The summed E-state index contributed by atoms with van der Waals surface area (Å²) in [6.07, 6.45) is 2.93. The molecule has 1 unspecified atom stereocenters. The average molecular weight is 326 g/mol. The molecule has 0 heterocycles. The largest absolute Gasteiger partial charge is 0.300 e. The standard InChI is InChI=1S/C15H22N2O2S2/c1-4-17-15(2,12-16)10-5-11-20-13-6-8-14(9-7-13)21(3,18)19/h6-9,17H,4-5,10-11H2,1-3H3. The van der Waals surface area contributed by atoms with E-state index in [0.717, 1.165) is 30.0 Å². The highest BCUT2D eigenvalue weighted by Crippen LogP contribution is 2.23. The molecule has 0 radical (unpaired) electrons. The van der Waals surface area contributed by atoms with Gasteiger partial charge in [0.15, 0.2) is 9.84 Å². The van der Waals surface area contributed by atoms with Crippen molar-refractivity contribution >= 4 is 21.6 Å². The quantitative estimate of drug-likeness (QED) is 0.587. The van der Waals surface area contributed by atoms with Gasteiger partial charge in [0, 0.05) is 11.2 Å². The first kappa shape index (κ1) is 18.0. The summed E-state index contributed by atoms with van der Waals surface area (Å²) >= 11 is 1.68. The van der Waals surface area contributed by atoms with Crippen LogP contribution in [0.5, 0.6) is 0 Å². The van der Waals surface area contributed by atoms with Crippen LogP contribution in [0.1, 0.15) is 26.7 Å². The van der Waals surface area contributed by atoms with Crippen LogP contribution in [0.4, 0.5) is 0 Å². The van der Waals surface area contributed by atoms with E-state index in [2.05, 4.69) is 11.4 Å². The van der Waals surface area contributed by atoms with Gasteiger partial charge in [-0.05, 0) is 56.3 Å². The van der Waals surface area contributed by atoms with Gasteiger partial charge in [-0.2, -0.15) is 5.26 Å². The first-order chi connectivity index (χ1) is 9.80. The Morgan fingerprint density at radius 2 is 1.95 bits per heavy atom. The molecular formula is C15H22N2O2S2. The molecule has 21 heavy (non-hydrogen) atoms. The van der Waals surface area contributed by atoms with Crippen molar-refractivity contribution in [3.05, 3.63) is 24.3 Å². The van der Waals surface area contributed by atoms with Gasteiger partial charge in [0.05, 0.1) is 11.0 Å². The lowest BCUT2D eigenvalue weighted by Gasteiger charge is -2.22. The third-order valence-electron chi connectivity index (χ3n) is 3.16. The van der Waals surface area contributed by atoms with Crippen molar-refractivity contribution in [1.82, 2.24) is 5.32 Å². The first-order valence-corrected chi connectivity index (χ1v) is 9.77. The van der Waals surface area contributed by atoms with Crippen molar-refractivity contribution in [3.8, 4) is 6.07 Å². The summed E-state index contributed by atoms with van der Waals surface area (Å²) in [6.45, 7) is 4.69. The van der Waals surface area contributed by atoms with Gasteiger partial charge in [0.1, 0.15) is 5.54 Å². The van der Waals surface area contributed by atoms with Crippen molar-refractivity contribution in [3.63, 3.8) is 0 Å². The summed E-state index contributed by atoms with van der Waals surface area (Å²) in [7, 11) is -3.13. The van der Waals surface area contributed by atoms with Crippen LogP contribution in [0.3, 0.4) is 0 Å². The lowest BCUT2D eigenvalue weighted by molar-refractivity contribution is 0.426. The van der Waals surface area contributed by atoms with Gasteiger partial charge >= 0.3 is 0 Å². The highest BCUT2D eigenvalue weighted by Gasteiger charge is 2.21. The fourth-order valence-electron chi connectivity index (χ4n) is 1.97. The molecule has 1 aromatic carbocycles. The van der Waals surface area contributed by atoms with Crippen molar-refractivity contribution in [2.24, 2.45) is 0 Å². The maximum Gasteiger partial charge on any atom is 0.175 e. The molecule has 0 amide bonds. The van der Waals surface area contributed by atoms with Crippen LogP contribution >= 0.6 is 11.8 Å². The van der Waals surface area contributed by atoms with Gasteiger partial charge in [0.2, 0.25) is 0 Å². The van der Waals surface area contributed by atoms with Crippen LogP contribution in [-0.2, 0) is 9.84 Å². The molecule has 4 nitrogen and oxygen atoms in total. The van der Waals surface area contributed by atoms with E-state index in [0.29, 0.717) is 4.90 Å². The number of nitriles is 1. The highest BCUT2D eigenvalue weighted by molar-refractivity contribution is 7.99. The molecular weight excluding hydrogens is 304 g/mol. The zero-order valence-corrected chi connectivity index (χ0v) is 14.4. The maximum absolute atomic E-state index is 11.4. The maximum atomic E-state index is 11.4. The Bertz CT molecular complexity index is 591. The lowest BCUT2D eigenvalue weighted by Crippen LogP contribution is -2.40. The van der Waals surface area contributed by atoms with Gasteiger partial charge < -0.3 is 0 Å². The summed E-state index contributed by atoms with van der Waals surface area (Å²) < 4.78 is 22.7. The van der Waals surface area contributed by atoms with Crippen molar-refractivity contribution < 1.29 is 8.42 Å². The van der Waals surface area contributed by atoms with Crippen molar-refractivity contribution in [2.45, 2.75) is 42.0 Å². The molecule has 1 aromatic rings. The summed E-state index contributed by atoms with van der Waals surface area (Å²) in [6, 6.07) is 9.24. The fourth-order valence-corrected chi connectivity index (χ4v) is 3.46. The number of nitrogens with zero attached hydrogens (tertiary/aromatic N) is 1. The Hall–Kier alpha value is -1.03. The van der Waals surface area contributed by atoms with Crippen LogP contribution < -0.4 is 5.32 Å². The highest BCUT2D eigenvalue weighted by atomic mass is 32.2. The lowest BCUT2D eigenvalue weighted by atomic mass is 9.98. The second-order valence-corrected chi connectivity index (χ2v) is 8.35. The molecule has 0 saturated carbocycles. The monoisotopic (exact) mass is 326 g/mol. The summed E-state index contributed by atoms with van der Waals surface area (Å²) in [5.74, 6) is 0.904. The predicted octanol–water partition coefficient (Wildman–Crippen LogP) is 2.85. The van der Waals surface area contributed by atoms with Gasteiger partial charge in [-0.3, -0.25) is 5.32 Å². The number of benzene rings is 1. The molecule has 1 N–H and O–H groups in total. The van der Waals surface area contributed by atoms with E-state index in [9.17, 15) is 8.42 Å². The molecule has 0 aliphatic carbocycles. The Kier molecular flexibility index (Phi) is 6.72. The molecule has 0 bridgehead atoms. The smallest absolute Gasteiger partial charge is 0.175 e. The van der Waals surface area contributed by atoms with Gasteiger partial charge in [-0.15, -0.1) is 11.8 Å². The van der Waals surface area contributed by atoms with E-state index in [4.69, 9.17) is 5.26 Å². The zero-order chi connectivity index (χ0) is 15.9. The molecule has 6 heteroatoms. The zero-order valence-electron chi connectivity index (χ0n) is 12.7. The molecule has 0 fully saturated rings. The normalized spacial score (nSPS) is 14.4. The topological polar surface area (TPSA) is 70.0 Å². The van der Waals surface area contributed by atoms with E-state index in [1.807, 2.05) is 26.0 Å². The summed E-state index contributed by atoms with van der Waals surface area (Å²) in [5, 5.41) is 12.4.